The van der Waals surface area contributed by atoms with Gasteiger partial charge in [0, 0.05) is 50.0 Å². The summed E-state index contributed by atoms with van der Waals surface area (Å²) in [5, 5.41) is 0. The fourth-order valence-electron chi connectivity index (χ4n) is 5.12. The van der Waals surface area contributed by atoms with Crippen LogP contribution in [0.3, 0.4) is 0 Å². The van der Waals surface area contributed by atoms with E-state index in [1.54, 1.807) is 4.90 Å². The third-order valence-corrected chi connectivity index (χ3v) is 7.07. The summed E-state index contributed by atoms with van der Waals surface area (Å²) in [6, 6.07) is 21.3. The van der Waals surface area contributed by atoms with Gasteiger partial charge in [-0.2, -0.15) is 0 Å². The maximum atomic E-state index is 13.7. The Kier molecular flexibility index (Phi) is 6.47. The predicted molar refractivity (Wildman–Crippen MR) is 143 cm³/mol. The Labute approximate surface area is 220 Å². The summed E-state index contributed by atoms with van der Waals surface area (Å²) in [4.78, 5) is 31.1. The molecule has 8 heteroatoms. The number of carbonyl (C=O) groups is 2. The largest absolute Gasteiger partial charge is 0.494 e. The summed E-state index contributed by atoms with van der Waals surface area (Å²) in [6.45, 7) is 5.89. The van der Waals surface area contributed by atoms with Gasteiger partial charge in [0.2, 0.25) is 6.79 Å². The predicted octanol–water partition coefficient (Wildman–Crippen LogP) is 4.26. The van der Waals surface area contributed by atoms with E-state index in [0.717, 1.165) is 46.0 Å². The highest BCUT2D eigenvalue weighted by atomic mass is 16.7. The molecule has 1 saturated heterocycles. The fraction of sp³-hybridized carbons (Fsp3) is 0.267. The van der Waals surface area contributed by atoms with Crippen LogP contribution in [0, 0.1) is 0 Å². The summed E-state index contributed by atoms with van der Waals surface area (Å²) >= 11 is 0. The Morgan fingerprint density at radius 1 is 0.895 bits per heavy atom. The van der Waals surface area contributed by atoms with Crippen LogP contribution in [0.25, 0.3) is 16.6 Å². The molecule has 38 heavy (non-hydrogen) atoms. The van der Waals surface area contributed by atoms with Crippen molar-refractivity contribution in [1.82, 2.24) is 14.2 Å². The molecule has 8 nitrogen and oxygen atoms in total. The normalized spacial score (nSPS) is 15.1. The lowest BCUT2D eigenvalue weighted by molar-refractivity contribution is -0.128. The number of fused-ring (bicyclic) bond motifs is 2. The number of nitrogens with zero attached hydrogens (tertiary/aromatic N) is 3. The molecule has 0 N–H and O–H groups in total. The quantitative estimate of drug-likeness (QED) is 0.273. The number of ketones is 1. The first-order valence-corrected chi connectivity index (χ1v) is 12.9. The van der Waals surface area contributed by atoms with Gasteiger partial charge in [-0.15, -0.1) is 0 Å². The van der Waals surface area contributed by atoms with E-state index >= 15 is 0 Å². The van der Waals surface area contributed by atoms with Crippen molar-refractivity contribution in [3.63, 3.8) is 0 Å². The molecule has 1 fully saturated rings. The van der Waals surface area contributed by atoms with Crippen LogP contribution in [0.5, 0.6) is 17.2 Å². The molecule has 6 rings (SSSR count). The van der Waals surface area contributed by atoms with Crippen molar-refractivity contribution in [3.05, 3.63) is 84.2 Å². The third kappa shape index (κ3) is 4.59. The number of rotatable bonds is 7. The van der Waals surface area contributed by atoms with Crippen molar-refractivity contribution in [2.75, 3.05) is 39.6 Å². The Hall–Kier alpha value is -4.30. The molecule has 0 unspecified atom stereocenters. The Morgan fingerprint density at radius 3 is 2.47 bits per heavy atom. The highest BCUT2D eigenvalue weighted by Crippen LogP contribution is 2.33. The summed E-state index contributed by atoms with van der Waals surface area (Å²) in [7, 11) is 0. The van der Waals surface area contributed by atoms with E-state index in [1.165, 1.54) is 0 Å². The van der Waals surface area contributed by atoms with Crippen molar-refractivity contribution in [2.45, 2.75) is 13.5 Å². The van der Waals surface area contributed by atoms with Crippen molar-refractivity contribution in [3.8, 4) is 28.4 Å². The first kappa shape index (κ1) is 24.1. The van der Waals surface area contributed by atoms with E-state index in [1.807, 2.05) is 84.3 Å². The Morgan fingerprint density at radius 2 is 1.68 bits per heavy atom. The zero-order valence-electron chi connectivity index (χ0n) is 21.3. The van der Waals surface area contributed by atoms with Crippen molar-refractivity contribution in [2.24, 2.45) is 0 Å². The third-order valence-electron chi connectivity index (χ3n) is 7.07. The average molecular weight is 512 g/mol. The summed E-state index contributed by atoms with van der Waals surface area (Å²) in [5.41, 5.74) is 3.98. The van der Waals surface area contributed by atoms with E-state index in [2.05, 4.69) is 4.90 Å². The van der Waals surface area contributed by atoms with Gasteiger partial charge in [-0.25, -0.2) is 0 Å². The van der Waals surface area contributed by atoms with E-state index < -0.39 is 11.7 Å². The number of hydrogen-bond acceptors (Lipinski definition) is 6. The van der Waals surface area contributed by atoms with Gasteiger partial charge in [-0.3, -0.25) is 14.5 Å². The van der Waals surface area contributed by atoms with E-state index in [0.29, 0.717) is 38.5 Å². The second kappa shape index (κ2) is 10.2. The minimum atomic E-state index is -0.496. The molecule has 2 aliphatic heterocycles. The SMILES string of the molecule is CCOc1ccc(-c2cc3ccccn3c2C(=O)C(=O)N2CCN(Cc3ccc4c(c3)OCO4)CC2)cc1. The minimum Gasteiger partial charge on any atom is -0.494 e. The van der Waals surface area contributed by atoms with Crippen molar-refractivity contribution < 1.29 is 23.8 Å². The van der Waals surface area contributed by atoms with Crippen LogP contribution in [0.15, 0.2) is 72.9 Å². The number of benzene rings is 2. The second-order valence-corrected chi connectivity index (χ2v) is 9.44. The number of carbonyl (C=O) groups excluding carboxylic acids is 2. The first-order valence-electron chi connectivity index (χ1n) is 12.9. The van der Waals surface area contributed by atoms with E-state index in [9.17, 15) is 9.59 Å². The molecule has 0 spiro atoms. The Bertz CT molecular complexity index is 1490. The molecule has 0 aliphatic carbocycles. The standard InChI is InChI=1S/C30H29N3O5/c1-2-36-24-9-7-22(8-10-24)25-18-23-5-3-4-12-33(23)28(25)29(34)30(35)32-15-13-31(14-16-32)19-21-6-11-26-27(17-21)38-20-37-26/h3-12,17-18H,2,13-16,19-20H2,1H3. The highest BCUT2D eigenvalue weighted by molar-refractivity contribution is 6.43. The van der Waals surface area contributed by atoms with Gasteiger partial charge >= 0.3 is 0 Å². The molecule has 0 bridgehead atoms. The van der Waals surface area contributed by atoms with Crippen molar-refractivity contribution >= 4 is 17.2 Å². The zero-order valence-corrected chi connectivity index (χ0v) is 21.3. The number of piperazine rings is 1. The number of pyridine rings is 1. The lowest BCUT2D eigenvalue weighted by atomic mass is 10.0. The minimum absolute atomic E-state index is 0.255. The molecule has 2 aromatic carbocycles. The Balaban J connectivity index is 1.18. The fourth-order valence-corrected chi connectivity index (χ4v) is 5.12. The van der Waals surface area contributed by atoms with E-state index in [-0.39, 0.29) is 6.79 Å². The lowest BCUT2D eigenvalue weighted by Crippen LogP contribution is -2.50. The van der Waals surface area contributed by atoms with Gasteiger partial charge in [0.25, 0.3) is 11.7 Å². The van der Waals surface area contributed by atoms with Crippen molar-refractivity contribution in [1.29, 1.82) is 0 Å². The summed E-state index contributed by atoms with van der Waals surface area (Å²) in [5.74, 6) is 1.34. The molecular weight excluding hydrogens is 482 g/mol. The first-order chi connectivity index (χ1) is 18.6. The molecule has 4 aromatic rings. The molecule has 4 heterocycles. The molecule has 0 radical (unpaired) electrons. The maximum absolute atomic E-state index is 13.7. The molecule has 2 aromatic heterocycles. The molecular formula is C30H29N3O5. The van der Waals surface area contributed by atoms with Gasteiger partial charge in [0.15, 0.2) is 11.5 Å². The number of aromatic nitrogens is 1. The van der Waals surface area contributed by atoms with Crippen LogP contribution >= 0.6 is 0 Å². The lowest BCUT2D eigenvalue weighted by Gasteiger charge is -2.34. The molecule has 194 valence electrons. The summed E-state index contributed by atoms with van der Waals surface area (Å²) in [6.07, 6.45) is 1.83. The van der Waals surface area contributed by atoms with Crippen LogP contribution in [0.2, 0.25) is 0 Å². The smallest absolute Gasteiger partial charge is 0.296 e. The van der Waals surface area contributed by atoms with Crippen LogP contribution in [0.4, 0.5) is 0 Å². The summed E-state index contributed by atoms with van der Waals surface area (Å²) < 4.78 is 18.3. The van der Waals surface area contributed by atoms with Crippen LogP contribution in [0.1, 0.15) is 23.0 Å². The number of hydrogen-bond donors (Lipinski definition) is 0. The second-order valence-electron chi connectivity index (χ2n) is 9.44. The maximum Gasteiger partial charge on any atom is 0.296 e. The topological polar surface area (TPSA) is 72.7 Å². The number of Topliss-reactive ketones (excluding diaryl/α,β-unsaturated/α-hetero) is 1. The van der Waals surface area contributed by atoms with Crippen LogP contribution in [-0.4, -0.2) is 65.5 Å². The number of amides is 1. The van der Waals surface area contributed by atoms with Gasteiger partial charge in [0.1, 0.15) is 11.4 Å². The number of ether oxygens (including phenoxy) is 3. The van der Waals surface area contributed by atoms with Gasteiger partial charge in [-0.1, -0.05) is 24.3 Å². The van der Waals surface area contributed by atoms with E-state index in [4.69, 9.17) is 14.2 Å². The molecule has 0 saturated carbocycles. The van der Waals surface area contributed by atoms with Gasteiger partial charge in [0.05, 0.1) is 6.61 Å². The van der Waals surface area contributed by atoms with Gasteiger partial charge in [-0.05, 0) is 60.5 Å². The van der Waals surface area contributed by atoms with Crippen LogP contribution < -0.4 is 14.2 Å². The monoisotopic (exact) mass is 511 g/mol. The highest BCUT2D eigenvalue weighted by Gasteiger charge is 2.31. The molecule has 1 amide bonds. The average Bonchev–Trinajstić information content (AvgIpc) is 3.58. The zero-order chi connectivity index (χ0) is 26.1. The van der Waals surface area contributed by atoms with Crippen LogP contribution in [-0.2, 0) is 11.3 Å². The molecule has 2 aliphatic rings. The van der Waals surface area contributed by atoms with Gasteiger partial charge < -0.3 is 23.5 Å². The molecule has 0 atom stereocenters.